The van der Waals surface area contributed by atoms with Gasteiger partial charge in [0.1, 0.15) is 11.7 Å². The van der Waals surface area contributed by atoms with Crippen LogP contribution in [0.2, 0.25) is 0 Å². The summed E-state index contributed by atoms with van der Waals surface area (Å²) in [5.41, 5.74) is 0. The number of hydrogen-bond acceptors (Lipinski definition) is 4. The van der Waals surface area contributed by atoms with E-state index in [-0.39, 0.29) is 29.6 Å². The molecule has 4 nitrogen and oxygen atoms in total. The second-order valence-electron chi connectivity index (χ2n) is 2.85. The standard InChI is InChI=1S/C10H12O4.Na/c1-10(13-2,9(11)12)14-8-6-4-3-5-7-8;/h3-7H,1-2H3,(H,11,12);/q;+1/p-1. The van der Waals surface area contributed by atoms with Gasteiger partial charge in [-0.1, -0.05) is 18.2 Å². The number of methoxy groups -OCH3 is 1. The van der Waals surface area contributed by atoms with Gasteiger partial charge in [0, 0.05) is 14.0 Å². The van der Waals surface area contributed by atoms with Crippen LogP contribution in [0, 0.1) is 0 Å². The van der Waals surface area contributed by atoms with Crippen molar-refractivity contribution in [2.45, 2.75) is 12.7 Å². The van der Waals surface area contributed by atoms with E-state index in [9.17, 15) is 9.90 Å². The number of hydrogen-bond donors (Lipinski definition) is 0. The third kappa shape index (κ3) is 3.83. The number of carbonyl (C=O) groups excluding carboxylic acids is 1. The zero-order valence-corrected chi connectivity index (χ0v) is 11.0. The van der Waals surface area contributed by atoms with Crippen LogP contribution >= 0.6 is 0 Å². The minimum absolute atomic E-state index is 0. The molecule has 0 spiro atoms. The first-order valence-electron chi connectivity index (χ1n) is 4.09. The number of carbonyl (C=O) groups is 1. The Balaban J connectivity index is 0.00000196. The number of aliphatic carboxylic acids is 1. The Labute approximate surface area is 110 Å². The molecule has 0 saturated carbocycles. The van der Waals surface area contributed by atoms with E-state index < -0.39 is 11.8 Å². The second kappa shape index (κ2) is 6.12. The normalized spacial score (nSPS) is 13.5. The number of rotatable bonds is 4. The molecule has 5 heteroatoms. The van der Waals surface area contributed by atoms with Gasteiger partial charge in [0.2, 0.25) is 5.79 Å². The van der Waals surface area contributed by atoms with Gasteiger partial charge in [-0.2, -0.15) is 0 Å². The summed E-state index contributed by atoms with van der Waals surface area (Å²) in [5, 5.41) is 10.7. The van der Waals surface area contributed by atoms with E-state index in [1.54, 1.807) is 30.3 Å². The van der Waals surface area contributed by atoms with E-state index in [1.807, 2.05) is 0 Å². The van der Waals surface area contributed by atoms with E-state index in [0.717, 1.165) is 0 Å². The van der Waals surface area contributed by atoms with E-state index in [1.165, 1.54) is 14.0 Å². The van der Waals surface area contributed by atoms with Gasteiger partial charge >= 0.3 is 29.6 Å². The smallest absolute Gasteiger partial charge is 0.543 e. The van der Waals surface area contributed by atoms with Gasteiger partial charge in [0.15, 0.2) is 0 Å². The zero-order chi connectivity index (χ0) is 10.6. The molecule has 0 amide bonds. The summed E-state index contributed by atoms with van der Waals surface area (Å²) in [6, 6.07) is 8.55. The Morgan fingerprint density at radius 2 is 1.87 bits per heavy atom. The first-order chi connectivity index (χ1) is 6.58. The average molecular weight is 218 g/mol. The largest absolute Gasteiger partial charge is 1.00 e. The maximum absolute atomic E-state index is 10.7. The summed E-state index contributed by atoms with van der Waals surface area (Å²) in [6.07, 6.45) is 0. The van der Waals surface area contributed by atoms with Gasteiger partial charge in [-0.05, 0) is 12.1 Å². The minimum atomic E-state index is -1.75. The Kier molecular flexibility index (Phi) is 5.90. The number of para-hydroxylation sites is 1. The molecule has 1 atom stereocenters. The minimum Gasteiger partial charge on any atom is -0.543 e. The predicted octanol–water partition coefficient (Wildman–Crippen LogP) is -2.82. The third-order valence-electron chi connectivity index (χ3n) is 1.82. The molecule has 0 radical (unpaired) electrons. The number of ether oxygens (including phenoxy) is 2. The Bertz CT molecular complexity index is 314. The molecule has 76 valence electrons. The van der Waals surface area contributed by atoms with E-state index in [2.05, 4.69) is 0 Å². The van der Waals surface area contributed by atoms with Gasteiger partial charge in [-0.15, -0.1) is 0 Å². The van der Waals surface area contributed by atoms with Crippen LogP contribution in [0.4, 0.5) is 0 Å². The number of carboxylic acids is 1. The zero-order valence-electron chi connectivity index (χ0n) is 9.02. The van der Waals surface area contributed by atoms with E-state index in [0.29, 0.717) is 5.75 Å². The molecule has 0 fully saturated rings. The van der Waals surface area contributed by atoms with Crippen LogP contribution < -0.4 is 39.4 Å². The molecule has 1 rings (SSSR count). The molecule has 0 N–H and O–H groups in total. The van der Waals surface area contributed by atoms with E-state index in [4.69, 9.17) is 9.47 Å². The second-order valence-corrected chi connectivity index (χ2v) is 2.85. The molecule has 0 aliphatic carbocycles. The molecule has 1 aromatic carbocycles. The maximum Gasteiger partial charge on any atom is 1.00 e. The first kappa shape index (κ1) is 14.5. The van der Waals surface area contributed by atoms with Crippen molar-refractivity contribution < 1.29 is 48.9 Å². The van der Waals surface area contributed by atoms with Gasteiger partial charge in [-0.3, -0.25) is 0 Å². The quantitative estimate of drug-likeness (QED) is 0.404. The molecular formula is C10H11NaO4. The van der Waals surface area contributed by atoms with Gasteiger partial charge in [0.25, 0.3) is 0 Å². The predicted molar refractivity (Wildman–Crippen MR) is 47.5 cm³/mol. The van der Waals surface area contributed by atoms with Crippen molar-refractivity contribution in [3.8, 4) is 5.75 Å². The molecule has 0 aliphatic heterocycles. The maximum atomic E-state index is 10.7. The van der Waals surface area contributed by atoms with Gasteiger partial charge < -0.3 is 19.4 Å². The Morgan fingerprint density at radius 3 is 2.27 bits per heavy atom. The van der Waals surface area contributed by atoms with Gasteiger partial charge in [0.05, 0.1) is 0 Å². The van der Waals surface area contributed by atoms with E-state index >= 15 is 0 Å². The van der Waals surface area contributed by atoms with Crippen molar-refractivity contribution in [2.24, 2.45) is 0 Å². The first-order valence-corrected chi connectivity index (χ1v) is 4.09. The van der Waals surface area contributed by atoms with Crippen LogP contribution in [0.15, 0.2) is 30.3 Å². The van der Waals surface area contributed by atoms with Crippen molar-refractivity contribution in [3.63, 3.8) is 0 Å². The Hall–Kier alpha value is -0.550. The molecule has 0 saturated heterocycles. The fourth-order valence-electron chi connectivity index (χ4n) is 0.880. The summed E-state index contributed by atoms with van der Waals surface area (Å²) >= 11 is 0. The fraction of sp³-hybridized carbons (Fsp3) is 0.300. The van der Waals surface area contributed by atoms with Crippen LogP contribution in [0.25, 0.3) is 0 Å². The number of benzene rings is 1. The molecule has 1 unspecified atom stereocenters. The topological polar surface area (TPSA) is 58.6 Å². The van der Waals surface area contributed by atoms with Crippen LogP contribution in [-0.4, -0.2) is 18.9 Å². The summed E-state index contributed by atoms with van der Waals surface area (Å²) in [7, 11) is 1.25. The summed E-state index contributed by atoms with van der Waals surface area (Å²) in [4.78, 5) is 10.7. The molecule has 0 bridgehead atoms. The summed E-state index contributed by atoms with van der Waals surface area (Å²) in [5.74, 6) is -2.74. The molecule has 15 heavy (non-hydrogen) atoms. The fourth-order valence-corrected chi connectivity index (χ4v) is 0.880. The summed E-state index contributed by atoms with van der Waals surface area (Å²) in [6.45, 7) is 1.29. The van der Waals surface area contributed by atoms with Gasteiger partial charge in [-0.25, -0.2) is 0 Å². The molecule has 0 aliphatic rings. The molecular weight excluding hydrogens is 207 g/mol. The van der Waals surface area contributed by atoms with Crippen molar-refractivity contribution in [3.05, 3.63) is 30.3 Å². The molecule has 0 aromatic heterocycles. The van der Waals surface area contributed by atoms with Crippen molar-refractivity contribution in [1.82, 2.24) is 0 Å². The third-order valence-corrected chi connectivity index (χ3v) is 1.82. The van der Waals surface area contributed by atoms with Crippen molar-refractivity contribution in [2.75, 3.05) is 7.11 Å². The van der Waals surface area contributed by atoms with Crippen LogP contribution in [0.1, 0.15) is 6.92 Å². The van der Waals surface area contributed by atoms with Crippen LogP contribution in [-0.2, 0) is 9.53 Å². The van der Waals surface area contributed by atoms with Crippen molar-refractivity contribution in [1.29, 1.82) is 0 Å². The van der Waals surface area contributed by atoms with Crippen molar-refractivity contribution >= 4 is 5.97 Å². The number of carboxylic acid groups (broad SMARTS) is 1. The van der Waals surface area contributed by atoms with Crippen LogP contribution in [0.5, 0.6) is 5.75 Å². The Morgan fingerprint density at radius 1 is 1.33 bits per heavy atom. The van der Waals surface area contributed by atoms with Crippen LogP contribution in [0.3, 0.4) is 0 Å². The monoisotopic (exact) mass is 218 g/mol. The molecule has 1 aromatic rings. The molecule has 0 heterocycles. The summed E-state index contributed by atoms with van der Waals surface area (Å²) < 4.78 is 9.85. The average Bonchev–Trinajstić information content (AvgIpc) is 2.19. The SMILES string of the molecule is COC(C)(Oc1ccccc1)C(=O)[O-].[Na+].